The molecule has 1 amide bonds. The van der Waals surface area contributed by atoms with Gasteiger partial charge in [0.2, 0.25) is 0 Å². The molecule has 0 radical (unpaired) electrons. The largest absolute Gasteiger partial charge is 0.497 e. The number of hydrogen-bond acceptors (Lipinski definition) is 5. The highest BCUT2D eigenvalue weighted by Crippen LogP contribution is 2.19. The number of thiocarbonyl (C=S) groups is 1. The Morgan fingerprint density at radius 1 is 1.42 bits per heavy atom. The Labute approximate surface area is 147 Å². The summed E-state index contributed by atoms with van der Waals surface area (Å²) in [4.78, 5) is 12.0. The Morgan fingerprint density at radius 3 is 2.92 bits per heavy atom. The fourth-order valence-corrected chi connectivity index (χ4v) is 2.34. The van der Waals surface area contributed by atoms with Crippen molar-refractivity contribution in [2.45, 2.75) is 32.0 Å². The second kappa shape index (κ2) is 9.29. The third-order valence-corrected chi connectivity index (χ3v) is 3.78. The number of benzene rings is 1. The van der Waals surface area contributed by atoms with Crippen LogP contribution in [0.25, 0.3) is 0 Å². The fourth-order valence-electron chi connectivity index (χ4n) is 2.21. The Morgan fingerprint density at radius 2 is 2.21 bits per heavy atom. The molecule has 1 aliphatic heterocycles. The molecule has 0 aromatic heterocycles. The maximum atomic E-state index is 12.0. The van der Waals surface area contributed by atoms with E-state index in [4.69, 9.17) is 26.4 Å². The van der Waals surface area contributed by atoms with E-state index in [0.29, 0.717) is 23.2 Å². The van der Waals surface area contributed by atoms with E-state index in [-0.39, 0.29) is 12.0 Å². The highest BCUT2D eigenvalue weighted by Gasteiger charge is 2.17. The van der Waals surface area contributed by atoms with Crippen molar-refractivity contribution in [2.75, 3.05) is 20.3 Å². The molecular weight excluding hydrogens is 330 g/mol. The number of methoxy groups -OCH3 is 1. The Kier molecular flexibility index (Phi) is 7.07. The normalized spacial score (nSPS) is 17.7. The average molecular weight is 353 g/mol. The van der Waals surface area contributed by atoms with Gasteiger partial charge in [-0.25, -0.2) is 0 Å². The summed E-state index contributed by atoms with van der Waals surface area (Å²) in [6.45, 7) is 3.07. The minimum atomic E-state index is -0.689. The Hall–Kier alpha value is -2.06. The monoisotopic (exact) mass is 353 g/mol. The van der Waals surface area contributed by atoms with Crippen molar-refractivity contribution >= 4 is 23.2 Å². The van der Waals surface area contributed by atoms with Gasteiger partial charge in [-0.3, -0.25) is 15.6 Å². The van der Waals surface area contributed by atoms with E-state index in [1.807, 2.05) is 0 Å². The number of nitrogens with one attached hydrogen (secondary N) is 3. The van der Waals surface area contributed by atoms with Crippen LogP contribution in [0.5, 0.6) is 11.5 Å². The summed E-state index contributed by atoms with van der Waals surface area (Å²) in [5.41, 5.74) is 5.17. The van der Waals surface area contributed by atoms with Crippen LogP contribution in [0.2, 0.25) is 0 Å². The van der Waals surface area contributed by atoms with E-state index in [1.165, 1.54) is 0 Å². The molecule has 0 spiro atoms. The van der Waals surface area contributed by atoms with Crippen molar-refractivity contribution in [3.05, 3.63) is 24.3 Å². The lowest BCUT2D eigenvalue weighted by atomic mass is 10.2. The summed E-state index contributed by atoms with van der Waals surface area (Å²) in [5, 5.41) is 3.35. The molecule has 1 fully saturated rings. The first-order valence-electron chi connectivity index (χ1n) is 7.84. The molecule has 1 saturated heterocycles. The van der Waals surface area contributed by atoms with Gasteiger partial charge in [0.1, 0.15) is 11.5 Å². The molecule has 132 valence electrons. The van der Waals surface area contributed by atoms with E-state index in [1.54, 1.807) is 38.3 Å². The quantitative estimate of drug-likeness (QED) is 0.523. The van der Waals surface area contributed by atoms with Gasteiger partial charge >= 0.3 is 0 Å². The molecule has 0 bridgehead atoms. The van der Waals surface area contributed by atoms with E-state index >= 15 is 0 Å². The summed E-state index contributed by atoms with van der Waals surface area (Å²) in [6, 6.07) is 7.07. The number of hydrogen-bond donors (Lipinski definition) is 3. The third kappa shape index (κ3) is 5.86. The number of carbonyl (C=O) groups is 1. The molecule has 0 unspecified atom stereocenters. The minimum absolute atomic E-state index is 0.177. The topological polar surface area (TPSA) is 80.9 Å². The van der Waals surface area contributed by atoms with Gasteiger partial charge in [0.05, 0.1) is 13.2 Å². The van der Waals surface area contributed by atoms with Gasteiger partial charge in [-0.2, -0.15) is 0 Å². The number of ether oxygens (including phenoxy) is 3. The first-order chi connectivity index (χ1) is 11.6. The van der Waals surface area contributed by atoms with Crippen LogP contribution in [0.3, 0.4) is 0 Å². The molecule has 3 N–H and O–H groups in total. The number of hydrazine groups is 1. The maximum Gasteiger partial charge on any atom is 0.279 e. The molecule has 2 atom stereocenters. The SMILES string of the molecule is COc1cccc(O[C@H](C)C(=O)NNC(=S)NC[C@H]2CCCO2)c1. The molecule has 8 heteroatoms. The van der Waals surface area contributed by atoms with Crippen molar-refractivity contribution in [1.82, 2.24) is 16.2 Å². The summed E-state index contributed by atoms with van der Waals surface area (Å²) < 4.78 is 16.2. The van der Waals surface area contributed by atoms with Crippen molar-refractivity contribution in [3.8, 4) is 11.5 Å². The third-order valence-electron chi connectivity index (χ3n) is 3.54. The predicted molar refractivity (Wildman–Crippen MR) is 93.9 cm³/mol. The highest BCUT2D eigenvalue weighted by atomic mass is 32.1. The van der Waals surface area contributed by atoms with Gasteiger partial charge in [0, 0.05) is 19.2 Å². The van der Waals surface area contributed by atoms with Crippen LogP contribution in [0, 0.1) is 0 Å². The van der Waals surface area contributed by atoms with Crippen molar-refractivity contribution < 1.29 is 19.0 Å². The average Bonchev–Trinajstić information content (AvgIpc) is 3.11. The summed E-state index contributed by atoms with van der Waals surface area (Å²) in [6.07, 6.45) is 1.58. The standard InChI is InChI=1S/C16H23N3O4S/c1-11(23-13-6-3-5-12(9-13)21-2)15(20)18-19-16(24)17-10-14-7-4-8-22-14/h3,5-6,9,11,14H,4,7-8,10H2,1-2H3,(H,18,20)(H2,17,19,24)/t11-,14-/m1/s1. The second-order valence-electron chi connectivity index (χ2n) is 5.40. The lowest BCUT2D eigenvalue weighted by Crippen LogP contribution is -2.51. The maximum absolute atomic E-state index is 12.0. The lowest BCUT2D eigenvalue weighted by Gasteiger charge is -2.17. The first kappa shape index (κ1) is 18.3. The van der Waals surface area contributed by atoms with E-state index in [2.05, 4.69) is 16.2 Å². The molecule has 2 rings (SSSR count). The Balaban J connectivity index is 1.69. The molecular formula is C16H23N3O4S. The van der Waals surface area contributed by atoms with Crippen molar-refractivity contribution in [3.63, 3.8) is 0 Å². The number of carbonyl (C=O) groups excluding carboxylic acids is 1. The van der Waals surface area contributed by atoms with Gasteiger partial charge in [-0.15, -0.1) is 0 Å². The molecule has 7 nitrogen and oxygen atoms in total. The van der Waals surface area contributed by atoms with Crippen LogP contribution in [0.4, 0.5) is 0 Å². The second-order valence-corrected chi connectivity index (χ2v) is 5.81. The smallest absolute Gasteiger partial charge is 0.279 e. The molecule has 24 heavy (non-hydrogen) atoms. The summed E-state index contributed by atoms with van der Waals surface area (Å²) in [5.74, 6) is 0.882. The van der Waals surface area contributed by atoms with Crippen molar-refractivity contribution in [2.24, 2.45) is 0 Å². The zero-order chi connectivity index (χ0) is 17.4. The Bertz CT molecular complexity index is 564. The molecule has 0 saturated carbocycles. The predicted octanol–water partition coefficient (Wildman–Crippen LogP) is 1.14. The van der Waals surface area contributed by atoms with E-state index < -0.39 is 6.10 Å². The van der Waals surface area contributed by atoms with Gasteiger partial charge in [0.15, 0.2) is 11.2 Å². The van der Waals surface area contributed by atoms with Crippen LogP contribution in [0.15, 0.2) is 24.3 Å². The highest BCUT2D eigenvalue weighted by molar-refractivity contribution is 7.80. The summed E-state index contributed by atoms with van der Waals surface area (Å²) in [7, 11) is 1.57. The first-order valence-corrected chi connectivity index (χ1v) is 8.25. The molecule has 1 aromatic rings. The van der Waals surface area contributed by atoms with Crippen LogP contribution in [-0.2, 0) is 9.53 Å². The van der Waals surface area contributed by atoms with Gasteiger partial charge in [-0.05, 0) is 44.1 Å². The minimum Gasteiger partial charge on any atom is -0.497 e. The van der Waals surface area contributed by atoms with Gasteiger partial charge in [0.25, 0.3) is 5.91 Å². The van der Waals surface area contributed by atoms with Gasteiger partial charge in [-0.1, -0.05) is 6.07 Å². The summed E-state index contributed by atoms with van der Waals surface area (Å²) >= 11 is 5.11. The molecule has 0 aliphatic carbocycles. The van der Waals surface area contributed by atoms with Crippen molar-refractivity contribution in [1.29, 1.82) is 0 Å². The number of rotatable bonds is 6. The fraction of sp³-hybridized carbons (Fsp3) is 0.500. The van der Waals surface area contributed by atoms with Crippen LogP contribution in [0.1, 0.15) is 19.8 Å². The zero-order valence-corrected chi connectivity index (χ0v) is 14.7. The zero-order valence-electron chi connectivity index (χ0n) is 13.8. The van der Waals surface area contributed by atoms with Gasteiger partial charge < -0.3 is 19.5 Å². The van der Waals surface area contributed by atoms with E-state index in [0.717, 1.165) is 19.4 Å². The van der Waals surface area contributed by atoms with Crippen LogP contribution < -0.4 is 25.6 Å². The molecule has 1 aromatic carbocycles. The van der Waals surface area contributed by atoms with Crippen LogP contribution in [-0.4, -0.2) is 43.5 Å². The molecule has 1 aliphatic rings. The lowest BCUT2D eigenvalue weighted by molar-refractivity contribution is -0.127. The van der Waals surface area contributed by atoms with Crippen LogP contribution >= 0.6 is 12.2 Å². The molecule has 1 heterocycles. The van der Waals surface area contributed by atoms with E-state index in [9.17, 15) is 4.79 Å². The number of amides is 1.